The van der Waals surface area contributed by atoms with Gasteiger partial charge in [-0.15, -0.1) is 11.3 Å². The monoisotopic (exact) mass is 285 g/mol. The van der Waals surface area contributed by atoms with E-state index in [2.05, 4.69) is 15.6 Å². The van der Waals surface area contributed by atoms with E-state index in [9.17, 15) is 9.59 Å². The van der Waals surface area contributed by atoms with Gasteiger partial charge in [0.2, 0.25) is 0 Å². The van der Waals surface area contributed by atoms with Crippen LogP contribution in [0.15, 0.2) is 11.6 Å². The summed E-state index contributed by atoms with van der Waals surface area (Å²) in [6.45, 7) is 2.57. The zero-order valence-electron chi connectivity index (χ0n) is 10.9. The van der Waals surface area contributed by atoms with Gasteiger partial charge in [0, 0.05) is 31.1 Å². The number of carboxylic acids is 1. The number of carboxylic acid groups (broad SMARTS) is 1. The summed E-state index contributed by atoms with van der Waals surface area (Å²) in [7, 11) is 0. The van der Waals surface area contributed by atoms with Gasteiger partial charge in [0.05, 0.1) is 10.9 Å². The number of carbonyl (C=O) groups excluding carboxylic acids is 1. The Kier molecular flexibility index (Phi) is 6.88. The lowest BCUT2D eigenvalue weighted by Crippen LogP contribution is -2.40. The van der Waals surface area contributed by atoms with Gasteiger partial charge in [-0.3, -0.25) is 4.79 Å². The van der Waals surface area contributed by atoms with Crippen LogP contribution >= 0.6 is 11.3 Å². The molecular formula is C12H19N3O3S. The van der Waals surface area contributed by atoms with Crippen LogP contribution < -0.4 is 10.6 Å². The van der Waals surface area contributed by atoms with Gasteiger partial charge in [-0.05, 0) is 6.42 Å². The fraction of sp³-hybridized carbons (Fsp3) is 0.583. The third kappa shape index (κ3) is 6.19. The lowest BCUT2D eigenvalue weighted by atomic mass is 10.0. The maximum atomic E-state index is 11.5. The maximum absolute atomic E-state index is 11.5. The van der Waals surface area contributed by atoms with Crippen LogP contribution in [0.2, 0.25) is 0 Å². The van der Waals surface area contributed by atoms with Gasteiger partial charge < -0.3 is 15.7 Å². The minimum absolute atomic E-state index is 0.159. The highest BCUT2D eigenvalue weighted by atomic mass is 32.1. The zero-order valence-corrected chi connectivity index (χ0v) is 11.7. The molecule has 0 aliphatic rings. The Morgan fingerprint density at radius 2 is 2.26 bits per heavy atom. The van der Waals surface area contributed by atoms with E-state index in [0.717, 1.165) is 11.4 Å². The van der Waals surface area contributed by atoms with E-state index in [1.165, 1.54) is 0 Å². The van der Waals surface area contributed by atoms with Crippen molar-refractivity contribution in [1.29, 1.82) is 0 Å². The summed E-state index contributed by atoms with van der Waals surface area (Å²) in [5, 5.41) is 17.1. The Morgan fingerprint density at radius 1 is 1.47 bits per heavy atom. The molecule has 1 aromatic rings. The summed E-state index contributed by atoms with van der Waals surface area (Å²) in [6, 6.07) is -0.334. The second-order valence-electron chi connectivity index (χ2n) is 4.14. The number of thiazole rings is 1. The van der Waals surface area contributed by atoms with Crippen LogP contribution in [0.3, 0.4) is 0 Å². The summed E-state index contributed by atoms with van der Waals surface area (Å²) in [5.41, 5.74) is 0. The van der Waals surface area contributed by atoms with Gasteiger partial charge in [0.15, 0.2) is 0 Å². The molecule has 1 heterocycles. The molecule has 2 amide bonds. The van der Waals surface area contributed by atoms with E-state index in [-0.39, 0.29) is 12.6 Å². The summed E-state index contributed by atoms with van der Waals surface area (Å²) in [6.07, 6.45) is 3.75. The third-order valence-corrected chi connectivity index (χ3v) is 3.44. The SMILES string of the molecule is CCCC(CNC(=O)NCCc1nccs1)C(=O)O. The van der Waals surface area contributed by atoms with Gasteiger partial charge in [-0.1, -0.05) is 13.3 Å². The first-order valence-corrected chi connectivity index (χ1v) is 7.14. The van der Waals surface area contributed by atoms with E-state index < -0.39 is 11.9 Å². The number of aliphatic carboxylic acids is 1. The molecule has 7 heteroatoms. The van der Waals surface area contributed by atoms with Crippen molar-refractivity contribution in [3.8, 4) is 0 Å². The molecule has 1 aromatic heterocycles. The van der Waals surface area contributed by atoms with Crippen molar-refractivity contribution in [3.05, 3.63) is 16.6 Å². The molecule has 6 nitrogen and oxygen atoms in total. The topological polar surface area (TPSA) is 91.3 Å². The predicted molar refractivity (Wildman–Crippen MR) is 73.3 cm³/mol. The molecule has 0 spiro atoms. The summed E-state index contributed by atoms with van der Waals surface area (Å²) in [5.74, 6) is -1.39. The quantitative estimate of drug-likeness (QED) is 0.675. The van der Waals surface area contributed by atoms with Crippen molar-refractivity contribution in [1.82, 2.24) is 15.6 Å². The molecule has 0 fully saturated rings. The molecule has 1 unspecified atom stereocenters. The second-order valence-corrected chi connectivity index (χ2v) is 5.12. The normalized spacial score (nSPS) is 11.8. The highest BCUT2D eigenvalue weighted by Crippen LogP contribution is 2.05. The molecule has 19 heavy (non-hydrogen) atoms. The number of nitrogens with zero attached hydrogens (tertiary/aromatic N) is 1. The highest BCUT2D eigenvalue weighted by molar-refractivity contribution is 7.09. The molecule has 0 saturated heterocycles. The first-order chi connectivity index (χ1) is 9.13. The zero-order chi connectivity index (χ0) is 14.1. The van der Waals surface area contributed by atoms with Crippen LogP contribution in [0.4, 0.5) is 4.79 Å². The van der Waals surface area contributed by atoms with Crippen molar-refractivity contribution in [2.45, 2.75) is 26.2 Å². The lowest BCUT2D eigenvalue weighted by molar-refractivity contribution is -0.141. The first-order valence-electron chi connectivity index (χ1n) is 6.26. The minimum atomic E-state index is -0.870. The summed E-state index contributed by atoms with van der Waals surface area (Å²) in [4.78, 5) is 26.5. The molecule has 0 bridgehead atoms. The van der Waals surface area contributed by atoms with Crippen LogP contribution in [0.25, 0.3) is 0 Å². The van der Waals surface area contributed by atoms with Gasteiger partial charge in [0.25, 0.3) is 0 Å². The van der Waals surface area contributed by atoms with Gasteiger partial charge in [0.1, 0.15) is 0 Å². The van der Waals surface area contributed by atoms with E-state index in [0.29, 0.717) is 19.4 Å². The van der Waals surface area contributed by atoms with Gasteiger partial charge in [-0.25, -0.2) is 9.78 Å². The number of carbonyl (C=O) groups is 2. The van der Waals surface area contributed by atoms with E-state index in [1.807, 2.05) is 12.3 Å². The fourth-order valence-corrected chi connectivity index (χ4v) is 2.22. The van der Waals surface area contributed by atoms with Crippen molar-refractivity contribution >= 4 is 23.3 Å². The smallest absolute Gasteiger partial charge is 0.314 e. The number of urea groups is 1. The molecule has 0 aromatic carbocycles. The Hall–Kier alpha value is -1.63. The highest BCUT2D eigenvalue weighted by Gasteiger charge is 2.16. The number of rotatable bonds is 8. The average molecular weight is 285 g/mol. The Bertz CT molecular complexity index is 395. The second kappa shape index (κ2) is 8.47. The van der Waals surface area contributed by atoms with Gasteiger partial charge >= 0.3 is 12.0 Å². The summed E-state index contributed by atoms with van der Waals surface area (Å²) >= 11 is 1.54. The predicted octanol–water partition coefficient (Wildman–Crippen LogP) is 1.49. The number of nitrogens with one attached hydrogen (secondary N) is 2. The van der Waals surface area contributed by atoms with Crippen LogP contribution in [0, 0.1) is 5.92 Å². The minimum Gasteiger partial charge on any atom is -0.481 e. The molecule has 3 N–H and O–H groups in total. The van der Waals surface area contributed by atoms with Crippen LogP contribution in [0.5, 0.6) is 0 Å². The van der Waals surface area contributed by atoms with Crippen LogP contribution in [0.1, 0.15) is 24.8 Å². The first kappa shape index (κ1) is 15.4. The number of amides is 2. The molecule has 1 rings (SSSR count). The Morgan fingerprint density at radius 3 is 2.84 bits per heavy atom. The molecule has 106 valence electrons. The maximum Gasteiger partial charge on any atom is 0.314 e. The van der Waals surface area contributed by atoms with Crippen molar-refractivity contribution in [3.63, 3.8) is 0 Å². The van der Waals surface area contributed by atoms with Crippen molar-refractivity contribution in [2.24, 2.45) is 5.92 Å². The van der Waals surface area contributed by atoms with Crippen molar-refractivity contribution < 1.29 is 14.7 Å². The van der Waals surface area contributed by atoms with Gasteiger partial charge in [-0.2, -0.15) is 0 Å². The number of aromatic nitrogens is 1. The van der Waals surface area contributed by atoms with E-state index in [1.54, 1.807) is 17.5 Å². The molecule has 0 aliphatic carbocycles. The molecule has 0 aliphatic heterocycles. The molecule has 0 radical (unpaired) electrons. The standard InChI is InChI=1S/C12H19N3O3S/c1-2-3-9(11(16)17)8-15-12(18)14-5-4-10-13-6-7-19-10/h6-7,9H,2-5,8H2,1H3,(H,16,17)(H2,14,15,18). The molecular weight excluding hydrogens is 266 g/mol. The number of hydrogen-bond acceptors (Lipinski definition) is 4. The van der Waals surface area contributed by atoms with Crippen LogP contribution in [-0.2, 0) is 11.2 Å². The fourth-order valence-electron chi connectivity index (χ4n) is 1.60. The van der Waals surface area contributed by atoms with Crippen molar-refractivity contribution in [2.75, 3.05) is 13.1 Å². The average Bonchev–Trinajstić information content (AvgIpc) is 2.87. The largest absolute Gasteiger partial charge is 0.481 e. The van der Waals surface area contributed by atoms with E-state index in [4.69, 9.17) is 5.11 Å². The summed E-state index contributed by atoms with van der Waals surface area (Å²) < 4.78 is 0. The Balaban J connectivity index is 2.17. The van der Waals surface area contributed by atoms with Crippen LogP contribution in [-0.4, -0.2) is 35.2 Å². The Labute approximate surface area is 116 Å². The molecule has 1 atom stereocenters. The lowest BCUT2D eigenvalue weighted by Gasteiger charge is -2.12. The van der Waals surface area contributed by atoms with E-state index >= 15 is 0 Å². The molecule has 0 saturated carbocycles. The third-order valence-electron chi connectivity index (χ3n) is 2.60. The number of hydrogen-bond donors (Lipinski definition) is 3.